The van der Waals surface area contributed by atoms with Gasteiger partial charge in [-0.3, -0.25) is 0 Å². The molecule has 0 radical (unpaired) electrons. The number of carbonyl (C=O) groups excluding carboxylic acids is 2. The molecule has 0 fully saturated rings. The molecule has 0 saturated carbocycles. The summed E-state index contributed by atoms with van der Waals surface area (Å²) in [5.41, 5.74) is 1.64. The van der Waals surface area contributed by atoms with Crippen LogP contribution in [-0.2, 0) is 9.47 Å². The van der Waals surface area contributed by atoms with Crippen LogP contribution in [0.5, 0.6) is 0 Å². The van der Waals surface area contributed by atoms with Crippen LogP contribution >= 0.6 is 0 Å². The molecule has 0 saturated heterocycles. The zero-order valence-corrected chi connectivity index (χ0v) is 14.7. The summed E-state index contributed by atoms with van der Waals surface area (Å²) >= 11 is 0. The summed E-state index contributed by atoms with van der Waals surface area (Å²) in [5, 5.41) is 13.6. The van der Waals surface area contributed by atoms with Gasteiger partial charge in [-0.1, -0.05) is 30.3 Å². The van der Waals surface area contributed by atoms with Crippen LogP contribution in [0.3, 0.4) is 0 Å². The van der Waals surface area contributed by atoms with Crippen molar-refractivity contribution in [1.82, 2.24) is 9.78 Å². The molecule has 0 spiro atoms. The summed E-state index contributed by atoms with van der Waals surface area (Å²) in [6.45, 7) is 0. The van der Waals surface area contributed by atoms with Gasteiger partial charge < -0.3 is 9.47 Å². The van der Waals surface area contributed by atoms with E-state index in [2.05, 4.69) is 5.10 Å². The number of esters is 2. The van der Waals surface area contributed by atoms with Crippen LogP contribution in [0, 0.1) is 11.3 Å². The molecule has 27 heavy (non-hydrogen) atoms. The lowest BCUT2D eigenvalue weighted by atomic mass is 10.0. The summed E-state index contributed by atoms with van der Waals surface area (Å²) in [7, 11) is 2.44. The number of ether oxygens (including phenoxy) is 2. The maximum absolute atomic E-state index is 12.5. The predicted molar refractivity (Wildman–Crippen MR) is 96.4 cm³/mol. The lowest BCUT2D eigenvalue weighted by Gasteiger charge is -2.07. The van der Waals surface area contributed by atoms with E-state index in [9.17, 15) is 9.59 Å². The van der Waals surface area contributed by atoms with Crippen molar-refractivity contribution in [3.63, 3.8) is 0 Å². The van der Waals surface area contributed by atoms with Gasteiger partial charge >= 0.3 is 11.9 Å². The normalized spacial score (nSPS) is 10.1. The predicted octanol–water partition coefficient (Wildman–Crippen LogP) is 2.98. The number of aromatic nitrogens is 2. The van der Waals surface area contributed by atoms with Crippen LogP contribution < -0.4 is 0 Å². The molecule has 3 rings (SSSR count). The maximum atomic E-state index is 12.5. The molecule has 0 N–H and O–H groups in total. The highest BCUT2D eigenvalue weighted by molar-refractivity contribution is 6.06. The average molecular weight is 361 g/mol. The lowest BCUT2D eigenvalue weighted by molar-refractivity contribution is 0.0549. The molecule has 0 aliphatic carbocycles. The number of rotatable bonds is 4. The number of hydrogen-bond acceptors (Lipinski definition) is 6. The van der Waals surface area contributed by atoms with Crippen LogP contribution in [-0.4, -0.2) is 35.9 Å². The van der Waals surface area contributed by atoms with E-state index < -0.39 is 11.9 Å². The fourth-order valence-electron chi connectivity index (χ4n) is 2.69. The van der Waals surface area contributed by atoms with Gasteiger partial charge in [-0.2, -0.15) is 10.4 Å². The molecule has 2 aromatic carbocycles. The lowest BCUT2D eigenvalue weighted by Crippen LogP contribution is -2.15. The second-order valence-corrected chi connectivity index (χ2v) is 5.50. The Balaban J connectivity index is 2.36. The van der Waals surface area contributed by atoms with E-state index in [1.165, 1.54) is 18.9 Å². The van der Waals surface area contributed by atoms with Gasteiger partial charge in [0.25, 0.3) is 0 Å². The van der Waals surface area contributed by atoms with Crippen molar-refractivity contribution in [2.75, 3.05) is 14.2 Å². The Kier molecular flexibility index (Phi) is 4.99. The van der Waals surface area contributed by atoms with E-state index in [0.717, 1.165) is 0 Å². The first kappa shape index (κ1) is 17.9. The van der Waals surface area contributed by atoms with Gasteiger partial charge in [-0.05, 0) is 24.3 Å². The quantitative estimate of drug-likeness (QED) is 0.663. The highest BCUT2D eigenvalue weighted by Gasteiger charge is 2.31. The molecule has 134 valence electrons. The number of nitriles is 1. The van der Waals surface area contributed by atoms with Gasteiger partial charge in [-0.15, -0.1) is 0 Å². The van der Waals surface area contributed by atoms with E-state index >= 15 is 0 Å². The maximum Gasteiger partial charge on any atom is 0.357 e. The number of hydrogen-bond donors (Lipinski definition) is 0. The number of carbonyl (C=O) groups is 2. The number of nitrogens with zero attached hydrogens (tertiary/aromatic N) is 3. The highest BCUT2D eigenvalue weighted by Crippen LogP contribution is 2.29. The van der Waals surface area contributed by atoms with Crippen molar-refractivity contribution in [2.24, 2.45) is 0 Å². The largest absolute Gasteiger partial charge is 0.465 e. The molecular weight excluding hydrogens is 346 g/mol. The van der Waals surface area contributed by atoms with E-state index in [1.54, 1.807) is 48.5 Å². The molecule has 7 nitrogen and oxygen atoms in total. The molecule has 3 aromatic rings. The van der Waals surface area contributed by atoms with Crippen LogP contribution in [0.4, 0.5) is 0 Å². The molecule has 0 aliphatic heterocycles. The van der Waals surface area contributed by atoms with E-state index in [4.69, 9.17) is 14.7 Å². The molecule has 0 aliphatic rings. The monoisotopic (exact) mass is 361 g/mol. The number of methoxy groups -OCH3 is 2. The fraction of sp³-hybridized carbons (Fsp3) is 0.100. The van der Waals surface area contributed by atoms with Crippen LogP contribution in [0.15, 0.2) is 54.6 Å². The zero-order valence-electron chi connectivity index (χ0n) is 14.7. The van der Waals surface area contributed by atoms with Crippen molar-refractivity contribution in [3.05, 3.63) is 71.4 Å². The first-order valence-electron chi connectivity index (χ1n) is 7.96. The smallest absolute Gasteiger partial charge is 0.357 e. The van der Waals surface area contributed by atoms with Crippen LogP contribution in [0.2, 0.25) is 0 Å². The van der Waals surface area contributed by atoms with Gasteiger partial charge in [0.05, 0.1) is 31.5 Å². The van der Waals surface area contributed by atoms with Gasteiger partial charge in [0.15, 0.2) is 5.69 Å². The minimum absolute atomic E-state index is 0.0247. The molecule has 0 bridgehead atoms. The molecule has 0 unspecified atom stereocenters. The van der Waals surface area contributed by atoms with Crippen molar-refractivity contribution in [3.8, 4) is 23.0 Å². The van der Waals surface area contributed by atoms with Gasteiger partial charge in [-0.25, -0.2) is 14.3 Å². The third-order valence-corrected chi connectivity index (χ3v) is 3.92. The summed E-state index contributed by atoms with van der Waals surface area (Å²) in [4.78, 5) is 25.0. The standard InChI is InChI=1S/C20H15N3O4/c1-26-19(24)16-17(14-8-6-7-13(11-14)12-21)22-23(18(16)20(25)27-2)15-9-4-3-5-10-15/h3-11H,1-2H3. The fourth-order valence-corrected chi connectivity index (χ4v) is 2.69. The van der Waals surface area contributed by atoms with Crippen molar-refractivity contribution < 1.29 is 19.1 Å². The van der Waals surface area contributed by atoms with Crippen molar-refractivity contribution >= 4 is 11.9 Å². The Hall–Kier alpha value is -3.92. The average Bonchev–Trinajstić information content (AvgIpc) is 3.14. The van der Waals surface area contributed by atoms with E-state index in [1.807, 2.05) is 12.1 Å². The number of benzene rings is 2. The van der Waals surface area contributed by atoms with Gasteiger partial charge in [0, 0.05) is 5.56 Å². The SMILES string of the molecule is COC(=O)c1c(-c2cccc(C#N)c2)nn(-c2ccccc2)c1C(=O)OC. The second-order valence-electron chi connectivity index (χ2n) is 5.50. The Morgan fingerprint density at radius 3 is 2.33 bits per heavy atom. The van der Waals surface area contributed by atoms with Crippen molar-refractivity contribution in [1.29, 1.82) is 5.26 Å². The zero-order chi connectivity index (χ0) is 19.4. The summed E-state index contributed by atoms with van der Waals surface area (Å²) in [6, 6.07) is 17.5. The topological polar surface area (TPSA) is 94.2 Å². The highest BCUT2D eigenvalue weighted by atomic mass is 16.5. The third kappa shape index (κ3) is 3.28. The summed E-state index contributed by atoms with van der Waals surface area (Å²) < 4.78 is 11.1. The Labute approximate surface area is 155 Å². The molecule has 7 heteroatoms. The third-order valence-electron chi connectivity index (χ3n) is 3.92. The summed E-state index contributed by atoms with van der Waals surface area (Å²) in [6.07, 6.45) is 0. The first-order chi connectivity index (χ1) is 13.1. The van der Waals surface area contributed by atoms with Crippen LogP contribution in [0.1, 0.15) is 26.4 Å². The minimum Gasteiger partial charge on any atom is -0.465 e. The molecule has 0 amide bonds. The van der Waals surface area contributed by atoms with E-state index in [0.29, 0.717) is 16.8 Å². The van der Waals surface area contributed by atoms with E-state index in [-0.39, 0.29) is 17.0 Å². The second kappa shape index (κ2) is 7.54. The van der Waals surface area contributed by atoms with Crippen LogP contribution in [0.25, 0.3) is 16.9 Å². The number of para-hydroxylation sites is 1. The van der Waals surface area contributed by atoms with Gasteiger partial charge in [0.2, 0.25) is 0 Å². The first-order valence-corrected chi connectivity index (χ1v) is 7.96. The summed E-state index contributed by atoms with van der Waals surface area (Å²) in [5.74, 6) is -1.45. The molecule has 0 atom stereocenters. The van der Waals surface area contributed by atoms with Gasteiger partial charge in [0.1, 0.15) is 11.3 Å². The minimum atomic E-state index is -0.727. The molecule has 1 aromatic heterocycles. The Morgan fingerprint density at radius 1 is 1.00 bits per heavy atom. The molecule has 1 heterocycles. The Bertz CT molecular complexity index is 1050. The Morgan fingerprint density at radius 2 is 1.70 bits per heavy atom. The van der Waals surface area contributed by atoms with Crippen molar-refractivity contribution in [2.45, 2.75) is 0 Å². The molecular formula is C20H15N3O4.